The van der Waals surface area contributed by atoms with Crippen molar-refractivity contribution in [2.24, 2.45) is 11.8 Å². The molecule has 0 amide bonds. The van der Waals surface area contributed by atoms with E-state index in [1.807, 2.05) is 0 Å². The van der Waals surface area contributed by atoms with Crippen LogP contribution in [0.15, 0.2) is 0 Å². The van der Waals surface area contributed by atoms with Crippen molar-refractivity contribution in [3.63, 3.8) is 0 Å². The molecule has 0 spiro atoms. The second kappa shape index (κ2) is 7.31. The minimum Gasteiger partial charge on any atom is -0.481 e. The molecule has 2 aliphatic rings. The average Bonchev–Trinajstić information content (AvgIpc) is 3.02. The van der Waals surface area contributed by atoms with Crippen LogP contribution in [0.1, 0.15) is 32.6 Å². The Morgan fingerprint density at radius 1 is 1.25 bits per heavy atom. The summed E-state index contributed by atoms with van der Waals surface area (Å²) in [5, 5.41) is 9.23. The van der Waals surface area contributed by atoms with Crippen LogP contribution in [0.25, 0.3) is 0 Å². The molecule has 2 rings (SSSR count). The lowest BCUT2D eigenvalue weighted by Crippen LogP contribution is -2.39. The van der Waals surface area contributed by atoms with Crippen molar-refractivity contribution in [1.29, 1.82) is 0 Å². The van der Waals surface area contributed by atoms with Crippen molar-refractivity contribution in [1.82, 2.24) is 0 Å². The number of fused-ring (bicyclic) bond motifs is 2. The Balaban J connectivity index is 1.75. The van der Waals surface area contributed by atoms with Gasteiger partial charge in [0.25, 0.3) is 0 Å². The number of ether oxygens (including phenoxy) is 2. The van der Waals surface area contributed by atoms with Crippen molar-refractivity contribution in [2.75, 3.05) is 18.1 Å². The van der Waals surface area contributed by atoms with Crippen LogP contribution in [0.4, 0.5) is 0 Å². The predicted molar refractivity (Wildman–Crippen MR) is 75.7 cm³/mol. The van der Waals surface area contributed by atoms with Crippen LogP contribution in [0.5, 0.6) is 0 Å². The Kier molecular flexibility index (Phi) is 5.72. The largest absolute Gasteiger partial charge is 0.481 e. The van der Waals surface area contributed by atoms with Gasteiger partial charge < -0.3 is 14.6 Å². The molecule has 0 aliphatic carbocycles. The summed E-state index contributed by atoms with van der Waals surface area (Å²) in [4.78, 5) is 23.3. The number of unbranched alkanes of at least 4 members (excludes halogenated alkanes) is 1. The van der Waals surface area contributed by atoms with Gasteiger partial charge in [0.05, 0.1) is 24.0 Å². The normalized spacial score (nSPS) is 31.4. The highest BCUT2D eigenvalue weighted by atomic mass is 32.2. The topological polar surface area (TPSA) is 72.8 Å². The first-order valence-electron chi connectivity index (χ1n) is 7.27. The van der Waals surface area contributed by atoms with Gasteiger partial charge in [-0.15, -0.1) is 0 Å². The standard InChI is InChI=1S/C14H22O5S/c1-2-3-7-20-8-6-18-14(17)12-10-5-4-9(19-10)11(12)13(15)16/h9-12H,2-8H2,1H3,(H,15,16)/t9-,10-,11-,12-/m0/s1. The van der Waals surface area contributed by atoms with Crippen molar-refractivity contribution in [2.45, 2.75) is 44.8 Å². The minimum atomic E-state index is -0.948. The predicted octanol–water partition coefficient (Wildman–Crippen LogP) is 1.94. The van der Waals surface area contributed by atoms with E-state index in [4.69, 9.17) is 9.47 Å². The number of carbonyl (C=O) groups is 2. The fraction of sp³-hybridized carbons (Fsp3) is 0.857. The number of carboxylic acids is 1. The van der Waals surface area contributed by atoms with Crippen LogP contribution in [-0.2, 0) is 19.1 Å². The highest BCUT2D eigenvalue weighted by Crippen LogP contribution is 2.44. The summed E-state index contributed by atoms with van der Waals surface area (Å²) >= 11 is 1.76. The van der Waals surface area contributed by atoms with E-state index in [-0.39, 0.29) is 12.2 Å². The lowest BCUT2D eigenvalue weighted by molar-refractivity contribution is -0.157. The Labute approximate surface area is 123 Å². The molecule has 0 radical (unpaired) electrons. The Bertz CT molecular complexity index is 359. The molecule has 2 fully saturated rings. The summed E-state index contributed by atoms with van der Waals surface area (Å²) in [7, 11) is 0. The van der Waals surface area contributed by atoms with Gasteiger partial charge in [0, 0.05) is 5.75 Å². The molecule has 1 N–H and O–H groups in total. The lowest BCUT2D eigenvalue weighted by Gasteiger charge is -2.23. The highest BCUT2D eigenvalue weighted by molar-refractivity contribution is 7.99. The van der Waals surface area contributed by atoms with Crippen LogP contribution in [0.2, 0.25) is 0 Å². The van der Waals surface area contributed by atoms with E-state index in [1.165, 1.54) is 6.42 Å². The molecular weight excluding hydrogens is 280 g/mol. The zero-order valence-electron chi connectivity index (χ0n) is 11.7. The van der Waals surface area contributed by atoms with Crippen molar-refractivity contribution in [3.05, 3.63) is 0 Å². The van der Waals surface area contributed by atoms with Crippen LogP contribution in [0, 0.1) is 11.8 Å². The molecule has 2 saturated heterocycles. The minimum absolute atomic E-state index is 0.263. The molecule has 20 heavy (non-hydrogen) atoms. The average molecular weight is 302 g/mol. The maximum absolute atomic E-state index is 12.1. The maximum atomic E-state index is 12.1. The summed E-state index contributed by atoms with van der Waals surface area (Å²) in [6.07, 6.45) is 3.25. The highest BCUT2D eigenvalue weighted by Gasteiger charge is 2.56. The van der Waals surface area contributed by atoms with Gasteiger partial charge >= 0.3 is 11.9 Å². The molecule has 114 valence electrons. The molecule has 0 aromatic rings. The second-order valence-corrected chi connectivity index (χ2v) is 6.54. The Morgan fingerprint density at radius 2 is 1.95 bits per heavy atom. The number of hydrogen-bond acceptors (Lipinski definition) is 5. The Hall–Kier alpha value is -0.750. The third-order valence-electron chi connectivity index (χ3n) is 3.94. The van der Waals surface area contributed by atoms with Gasteiger partial charge in [0.2, 0.25) is 0 Å². The number of rotatable bonds is 8. The number of hydrogen-bond donors (Lipinski definition) is 1. The molecule has 0 aromatic heterocycles. The first kappa shape index (κ1) is 15.6. The van der Waals surface area contributed by atoms with Gasteiger partial charge in [-0.1, -0.05) is 13.3 Å². The number of thioether (sulfide) groups is 1. The maximum Gasteiger partial charge on any atom is 0.312 e. The van der Waals surface area contributed by atoms with E-state index in [1.54, 1.807) is 11.8 Å². The number of aliphatic carboxylic acids is 1. The van der Waals surface area contributed by atoms with Crippen molar-refractivity contribution >= 4 is 23.7 Å². The molecule has 0 aromatic carbocycles. The molecule has 4 atom stereocenters. The first-order chi connectivity index (χ1) is 9.65. The van der Waals surface area contributed by atoms with Crippen LogP contribution < -0.4 is 0 Å². The third-order valence-corrected chi connectivity index (χ3v) is 4.98. The van der Waals surface area contributed by atoms with E-state index in [0.29, 0.717) is 6.61 Å². The van der Waals surface area contributed by atoms with Gasteiger partial charge in [0.1, 0.15) is 6.61 Å². The molecular formula is C14H22O5S. The zero-order valence-corrected chi connectivity index (χ0v) is 12.6. The van der Waals surface area contributed by atoms with Crippen LogP contribution in [0.3, 0.4) is 0 Å². The lowest BCUT2D eigenvalue weighted by atomic mass is 9.79. The second-order valence-electron chi connectivity index (χ2n) is 5.31. The van der Waals surface area contributed by atoms with Crippen molar-refractivity contribution in [3.8, 4) is 0 Å². The van der Waals surface area contributed by atoms with E-state index in [0.717, 1.165) is 30.8 Å². The Morgan fingerprint density at radius 3 is 2.60 bits per heavy atom. The summed E-state index contributed by atoms with van der Waals surface area (Å²) in [5.41, 5.74) is 0. The zero-order chi connectivity index (χ0) is 14.5. The van der Waals surface area contributed by atoms with Crippen LogP contribution in [-0.4, -0.2) is 47.4 Å². The molecule has 2 heterocycles. The SMILES string of the molecule is CCCCSCCOC(=O)[C@@H]1[C@@H](C(=O)O)[C@@H]2CC[C@@H]1O2. The van der Waals surface area contributed by atoms with E-state index >= 15 is 0 Å². The number of esters is 1. The number of carboxylic acid groups (broad SMARTS) is 1. The smallest absolute Gasteiger partial charge is 0.312 e. The molecule has 2 bridgehead atoms. The monoisotopic (exact) mass is 302 g/mol. The molecule has 2 aliphatic heterocycles. The quantitative estimate of drug-likeness (QED) is 0.546. The summed E-state index contributed by atoms with van der Waals surface area (Å²) in [5.74, 6) is -0.855. The summed E-state index contributed by atoms with van der Waals surface area (Å²) < 4.78 is 10.8. The van der Waals surface area contributed by atoms with E-state index in [2.05, 4.69) is 6.92 Å². The van der Waals surface area contributed by atoms with Gasteiger partial charge in [-0.2, -0.15) is 11.8 Å². The fourth-order valence-corrected chi connectivity index (χ4v) is 3.84. The fourth-order valence-electron chi connectivity index (χ4n) is 2.94. The summed E-state index contributed by atoms with van der Waals surface area (Å²) in [6.45, 7) is 2.50. The van der Waals surface area contributed by atoms with Gasteiger partial charge in [-0.3, -0.25) is 9.59 Å². The molecule has 0 unspecified atom stereocenters. The number of carbonyl (C=O) groups excluding carboxylic acids is 1. The van der Waals surface area contributed by atoms with Gasteiger partial charge in [-0.05, 0) is 25.0 Å². The van der Waals surface area contributed by atoms with Crippen LogP contribution >= 0.6 is 11.8 Å². The molecule has 5 nitrogen and oxygen atoms in total. The van der Waals surface area contributed by atoms with E-state index in [9.17, 15) is 14.7 Å². The van der Waals surface area contributed by atoms with Gasteiger partial charge in [0.15, 0.2) is 0 Å². The van der Waals surface area contributed by atoms with Crippen molar-refractivity contribution < 1.29 is 24.2 Å². The molecule has 6 heteroatoms. The summed E-state index contributed by atoms with van der Waals surface area (Å²) in [6, 6.07) is 0. The van der Waals surface area contributed by atoms with E-state index < -0.39 is 23.8 Å². The third kappa shape index (κ3) is 3.47. The van der Waals surface area contributed by atoms with Gasteiger partial charge in [-0.25, -0.2) is 0 Å². The first-order valence-corrected chi connectivity index (χ1v) is 8.43. The molecule has 0 saturated carbocycles.